The Balaban J connectivity index is 0.00000392. The van der Waals surface area contributed by atoms with Crippen LogP contribution in [-0.4, -0.2) is 50.0 Å². The van der Waals surface area contributed by atoms with Crippen LogP contribution in [0.5, 0.6) is 0 Å². The summed E-state index contributed by atoms with van der Waals surface area (Å²) in [6.45, 7) is 4.61. The molecule has 8 nitrogen and oxygen atoms in total. The predicted octanol–water partition coefficient (Wildman–Crippen LogP) is 2.39. The molecule has 2 rings (SSSR count). The SMILES string of the molecule is C.CCOCCNc1c(S(C)(=O)=O)ccc(C(=O)c2c(C)[nH]n(C)c2=O)c1Cl. The third-order valence-electron chi connectivity index (χ3n) is 3.96. The molecular formula is C18H26ClN3O5S. The lowest BCUT2D eigenvalue weighted by atomic mass is 10.0. The van der Waals surface area contributed by atoms with Gasteiger partial charge in [0.25, 0.3) is 5.56 Å². The molecule has 0 saturated carbocycles. The smallest absolute Gasteiger partial charge is 0.277 e. The predicted molar refractivity (Wildman–Crippen MR) is 110 cm³/mol. The number of ether oxygens (including phenoxy) is 1. The van der Waals surface area contributed by atoms with Gasteiger partial charge >= 0.3 is 0 Å². The molecule has 0 unspecified atom stereocenters. The van der Waals surface area contributed by atoms with Crippen molar-refractivity contribution in [3.63, 3.8) is 0 Å². The van der Waals surface area contributed by atoms with Gasteiger partial charge in [-0.1, -0.05) is 19.0 Å². The number of carbonyl (C=O) groups excluding carboxylic acids is 1. The summed E-state index contributed by atoms with van der Waals surface area (Å²) in [5, 5.41) is 5.63. The molecule has 0 fully saturated rings. The summed E-state index contributed by atoms with van der Waals surface area (Å²) in [4.78, 5) is 25.1. The van der Waals surface area contributed by atoms with Crippen LogP contribution in [0.1, 0.15) is 36.0 Å². The molecular weight excluding hydrogens is 406 g/mol. The van der Waals surface area contributed by atoms with Crippen LogP contribution in [0.4, 0.5) is 5.69 Å². The molecule has 1 aromatic heterocycles. The van der Waals surface area contributed by atoms with Crippen molar-refractivity contribution in [1.82, 2.24) is 9.78 Å². The van der Waals surface area contributed by atoms with Gasteiger partial charge in [0.2, 0.25) is 5.78 Å². The zero-order valence-corrected chi connectivity index (χ0v) is 17.1. The number of H-pyrrole nitrogens is 1. The molecule has 0 bridgehead atoms. The Morgan fingerprint density at radius 3 is 2.50 bits per heavy atom. The summed E-state index contributed by atoms with van der Waals surface area (Å²) in [5.74, 6) is -0.577. The van der Waals surface area contributed by atoms with Crippen molar-refractivity contribution >= 4 is 32.9 Å². The minimum atomic E-state index is -3.59. The number of carbonyl (C=O) groups is 1. The fourth-order valence-electron chi connectivity index (χ4n) is 2.69. The Hall–Kier alpha value is -2.10. The van der Waals surface area contributed by atoms with Crippen LogP contribution in [0.2, 0.25) is 5.02 Å². The highest BCUT2D eigenvalue weighted by molar-refractivity contribution is 7.90. The van der Waals surface area contributed by atoms with Crippen molar-refractivity contribution in [2.24, 2.45) is 7.05 Å². The second kappa shape index (κ2) is 9.40. The molecule has 2 aromatic rings. The van der Waals surface area contributed by atoms with Crippen molar-refractivity contribution in [2.45, 2.75) is 26.2 Å². The Bertz CT molecular complexity index is 1020. The number of hydrogen-bond donors (Lipinski definition) is 2. The maximum absolute atomic E-state index is 12.9. The van der Waals surface area contributed by atoms with E-state index in [1.54, 1.807) is 6.92 Å². The highest BCUT2D eigenvalue weighted by atomic mass is 35.5. The maximum Gasteiger partial charge on any atom is 0.277 e. The number of aryl methyl sites for hydroxylation is 2. The highest BCUT2D eigenvalue weighted by Gasteiger charge is 2.25. The number of ketones is 1. The quantitative estimate of drug-likeness (QED) is 0.490. The fourth-order valence-corrected chi connectivity index (χ4v) is 3.92. The zero-order valence-electron chi connectivity index (χ0n) is 15.6. The summed E-state index contributed by atoms with van der Waals surface area (Å²) in [6.07, 6.45) is 1.06. The normalized spacial score (nSPS) is 11.2. The molecule has 0 amide bonds. The van der Waals surface area contributed by atoms with Gasteiger partial charge in [-0.05, 0) is 26.0 Å². The van der Waals surface area contributed by atoms with Gasteiger partial charge in [-0.2, -0.15) is 0 Å². The summed E-state index contributed by atoms with van der Waals surface area (Å²) in [6, 6.07) is 2.63. The molecule has 28 heavy (non-hydrogen) atoms. The molecule has 1 aromatic carbocycles. The first-order valence-corrected chi connectivity index (χ1v) is 10.5. The van der Waals surface area contributed by atoms with Crippen LogP contribution in [0.15, 0.2) is 21.8 Å². The van der Waals surface area contributed by atoms with Crippen LogP contribution in [-0.2, 0) is 21.6 Å². The third kappa shape index (κ3) is 4.84. The first kappa shape index (κ1) is 23.9. The van der Waals surface area contributed by atoms with Gasteiger partial charge in [0.05, 0.1) is 22.2 Å². The number of sulfone groups is 1. The zero-order chi connectivity index (χ0) is 20.4. The largest absolute Gasteiger partial charge is 0.380 e. The average molecular weight is 432 g/mol. The van der Waals surface area contributed by atoms with E-state index in [4.69, 9.17) is 16.3 Å². The van der Waals surface area contributed by atoms with Gasteiger partial charge in [0.15, 0.2) is 9.84 Å². The summed E-state index contributed by atoms with van der Waals surface area (Å²) in [5.41, 5.74) is 0.0532. The molecule has 0 spiro atoms. The minimum Gasteiger partial charge on any atom is -0.380 e. The van der Waals surface area contributed by atoms with Crippen LogP contribution in [0.3, 0.4) is 0 Å². The molecule has 156 valence electrons. The van der Waals surface area contributed by atoms with Crippen molar-refractivity contribution < 1.29 is 17.9 Å². The van der Waals surface area contributed by atoms with E-state index in [1.807, 2.05) is 6.92 Å². The van der Waals surface area contributed by atoms with E-state index < -0.39 is 21.2 Å². The monoisotopic (exact) mass is 431 g/mol. The number of benzene rings is 1. The van der Waals surface area contributed by atoms with Crippen LogP contribution >= 0.6 is 11.6 Å². The Morgan fingerprint density at radius 1 is 1.36 bits per heavy atom. The number of rotatable bonds is 8. The first-order valence-electron chi connectivity index (χ1n) is 8.24. The number of halogens is 1. The Kier molecular flexibility index (Phi) is 8.04. The lowest BCUT2D eigenvalue weighted by Gasteiger charge is -2.15. The summed E-state index contributed by atoms with van der Waals surface area (Å²) in [7, 11) is -2.09. The molecule has 0 aliphatic carbocycles. The molecule has 0 aliphatic heterocycles. The molecule has 0 aliphatic rings. The van der Waals surface area contributed by atoms with Crippen LogP contribution in [0.25, 0.3) is 0 Å². The lowest BCUT2D eigenvalue weighted by molar-refractivity contribution is 0.103. The number of nitrogens with zero attached hydrogens (tertiary/aromatic N) is 1. The fraction of sp³-hybridized carbons (Fsp3) is 0.444. The van der Waals surface area contributed by atoms with E-state index in [9.17, 15) is 18.0 Å². The summed E-state index contributed by atoms with van der Waals surface area (Å²) < 4.78 is 30.6. The number of nitrogens with one attached hydrogen (secondary N) is 2. The van der Waals surface area contributed by atoms with E-state index in [1.165, 1.54) is 23.9 Å². The molecule has 10 heteroatoms. The second-order valence-corrected chi connectivity index (χ2v) is 8.36. The van der Waals surface area contributed by atoms with E-state index >= 15 is 0 Å². The molecule has 0 radical (unpaired) electrons. The van der Waals surface area contributed by atoms with Gasteiger partial charge < -0.3 is 10.1 Å². The van der Waals surface area contributed by atoms with Crippen molar-refractivity contribution in [1.29, 1.82) is 0 Å². The standard InChI is InChI=1S/C17H22ClN3O5S.CH4/c1-5-26-9-8-19-15-12(27(4,24)25)7-6-11(14(15)18)16(22)13-10(2)20-21(3)17(13)23;/h6-7,19-20H,5,8-9H2,1-4H3;1H4. The van der Waals surface area contributed by atoms with E-state index in [-0.39, 0.29) is 34.2 Å². The van der Waals surface area contributed by atoms with Crippen molar-refractivity contribution in [2.75, 3.05) is 31.3 Å². The van der Waals surface area contributed by atoms with Crippen molar-refractivity contribution in [3.05, 3.63) is 44.3 Å². The molecule has 0 atom stereocenters. The number of hydrogen-bond acceptors (Lipinski definition) is 6. The number of anilines is 1. The van der Waals surface area contributed by atoms with E-state index in [0.29, 0.717) is 25.5 Å². The Labute approximate surface area is 169 Å². The van der Waals surface area contributed by atoms with Crippen LogP contribution in [0, 0.1) is 6.92 Å². The number of aromatic nitrogens is 2. The minimum absolute atomic E-state index is 0. The lowest BCUT2D eigenvalue weighted by Crippen LogP contribution is -2.20. The average Bonchev–Trinajstić information content (AvgIpc) is 2.83. The molecule has 0 saturated heterocycles. The topological polar surface area (TPSA) is 110 Å². The molecule has 2 N–H and O–H groups in total. The summed E-state index contributed by atoms with van der Waals surface area (Å²) >= 11 is 6.38. The number of aromatic amines is 1. The Morgan fingerprint density at radius 2 is 2.00 bits per heavy atom. The van der Waals surface area contributed by atoms with E-state index in [2.05, 4.69) is 10.4 Å². The first-order chi connectivity index (χ1) is 12.6. The highest BCUT2D eigenvalue weighted by Crippen LogP contribution is 2.34. The van der Waals surface area contributed by atoms with Gasteiger partial charge in [0.1, 0.15) is 5.56 Å². The second-order valence-electron chi connectivity index (χ2n) is 6.00. The maximum atomic E-state index is 12.9. The van der Waals surface area contributed by atoms with Crippen LogP contribution < -0.4 is 10.9 Å². The van der Waals surface area contributed by atoms with Gasteiger partial charge in [-0.25, -0.2) is 8.42 Å². The molecule has 1 heterocycles. The van der Waals surface area contributed by atoms with Gasteiger partial charge in [0, 0.05) is 37.7 Å². The van der Waals surface area contributed by atoms with Gasteiger partial charge in [-0.3, -0.25) is 19.4 Å². The third-order valence-corrected chi connectivity index (χ3v) is 5.49. The van der Waals surface area contributed by atoms with Gasteiger partial charge in [-0.15, -0.1) is 0 Å². The van der Waals surface area contributed by atoms with E-state index in [0.717, 1.165) is 6.26 Å². The van der Waals surface area contributed by atoms with Crippen molar-refractivity contribution in [3.8, 4) is 0 Å².